The van der Waals surface area contributed by atoms with Crippen molar-refractivity contribution in [2.75, 3.05) is 0 Å². The van der Waals surface area contributed by atoms with E-state index in [1.807, 2.05) is 84.9 Å². The van der Waals surface area contributed by atoms with Gasteiger partial charge < -0.3 is 9.13 Å². The molecule has 0 N–H and O–H groups in total. The minimum Gasteiger partial charge on any atom is -0.309 e. The van der Waals surface area contributed by atoms with Crippen molar-refractivity contribution in [2.24, 2.45) is 0 Å². The number of fused-ring (bicyclic) bond motifs is 6. The first-order valence-electron chi connectivity index (χ1n) is 27.6. The third-order valence-corrected chi connectivity index (χ3v) is 15.3. The largest absolute Gasteiger partial charge is 0.309 e. The summed E-state index contributed by atoms with van der Waals surface area (Å²) in [5.41, 5.74) is -0.386. The molecule has 0 radical (unpaired) electrons. The van der Waals surface area contributed by atoms with Crippen LogP contribution in [0.4, 0.5) is 0 Å². The lowest BCUT2D eigenvalue weighted by Crippen LogP contribution is -2.74. The summed E-state index contributed by atoms with van der Waals surface area (Å²) < 4.78 is 172. The van der Waals surface area contributed by atoms with E-state index in [2.05, 4.69) is 0 Å². The fourth-order valence-electron chi connectivity index (χ4n) is 8.13. The maximum Gasteiger partial charge on any atom is 0.179 e. The second kappa shape index (κ2) is 13.5. The molecule has 0 aliphatic heterocycles. The van der Waals surface area contributed by atoms with Gasteiger partial charge in [0, 0.05) is 32.9 Å². The Labute approximate surface area is 359 Å². The molecule has 0 aliphatic rings. The third kappa shape index (κ3) is 5.24. The van der Waals surface area contributed by atoms with Gasteiger partial charge in [0.25, 0.3) is 0 Å². The van der Waals surface area contributed by atoms with E-state index in [9.17, 15) is 6.85 Å². The van der Waals surface area contributed by atoms with Crippen LogP contribution >= 0.6 is 0 Å². The van der Waals surface area contributed by atoms with E-state index in [1.54, 1.807) is 24.3 Å². The maximum atomic E-state index is 10.0. The lowest BCUT2D eigenvalue weighted by atomic mass is 10.1. The normalized spacial score (nSPS) is 16.5. The van der Waals surface area contributed by atoms with Gasteiger partial charge in [-0.3, -0.25) is 0 Å². The minimum atomic E-state index is -3.51. The van der Waals surface area contributed by atoms with Crippen LogP contribution in [-0.4, -0.2) is 17.2 Å². The first-order chi connectivity index (χ1) is 36.2. The maximum absolute atomic E-state index is 10.0. The third-order valence-electron chi connectivity index (χ3n) is 10.5. The number of aromatic nitrogens is 2. The lowest BCUT2D eigenvalue weighted by molar-refractivity contribution is 1.17. The van der Waals surface area contributed by atoms with E-state index < -0.39 is 116 Å². The van der Waals surface area contributed by atoms with Crippen molar-refractivity contribution >= 4 is 72.4 Å². The molecule has 268 valence electrons. The molecule has 11 rings (SSSR count). The van der Waals surface area contributed by atoms with Gasteiger partial charge in [0.05, 0.1) is 48.1 Å². The minimum absolute atomic E-state index is 0.0341. The van der Waals surface area contributed by atoms with Crippen molar-refractivity contribution in [3.8, 4) is 22.5 Å². The summed E-state index contributed by atoms with van der Waals surface area (Å²) in [6.45, 7) is 0. The summed E-state index contributed by atoms with van der Waals surface area (Å²) >= 11 is 0. The number of hydrogen-bond acceptors (Lipinski definition) is 0. The van der Waals surface area contributed by atoms with Gasteiger partial charge in [-0.15, -0.1) is 0 Å². The van der Waals surface area contributed by atoms with Gasteiger partial charge in [-0.1, -0.05) is 182 Å². The smallest absolute Gasteiger partial charge is 0.179 e. The molecular weight excluding hydrogens is 705 g/mol. The van der Waals surface area contributed by atoms with Gasteiger partial charge in [-0.05, 0) is 80.3 Å². The fourth-order valence-corrected chi connectivity index (χ4v) is 12.9. The topological polar surface area (TPSA) is 9.86 Å². The Hall–Kier alpha value is -7.20. The van der Waals surface area contributed by atoms with E-state index in [-0.39, 0.29) is 66.9 Å². The molecule has 57 heavy (non-hydrogen) atoms. The molecule has 2 nitrogen and oxygen atoms in total. The SMILES string of the molecule is [2H]c1cc2c(c([2H])c1[2H])c1c([2H])c([2H])c([2H])c([2H])c1n2-c1c([2H])c([2H])c2c(c1[2H])c1c([2H])c([2H])c([2H])c([2H])c1n2-c1ccc([Si](c2ccccc2)(c2ccccc2)c2cccc(-c3c([2H])c([2H])c([2H])c([2H])c3[2H])c2)cc1. The number of benzene rings is 9. The van der Waals surface area contributed by atoms with E-state index >= 15 is 0 Å². The summed E-state index contributed by atoms with van der Waals surface area (Å²) in [4.78, 5) is 0. The molecule has 9 aromatic carbocycles. The lowest BCUT2D eigenvalue weighted by Gasteiger charge is -2.35. The highest BCUT2D eigenvalue weighted by Gasteiger charge is 2.41. The van der Waals surface area contributed by atoms with Crippen molar-refractivity contribution in [3.05, 3.63) is 230 Å². The molecule has 0 aliphatic carbocycles. The van der Waals surface area contributed by atoms with Crippen molar-refractivity contribution in [1.82, 2.24) is 9.13 Å². The summed E-state index contributed by atoms with van der Waals surface area (Å²) in [6, 6.07) is 24.8. The Morgan fingerprint density at radius 2 is 0.860 bits per heavy atom. The molecule has 3 heteroatoms. The molecule has 0 amide bonds. The summed E-state index contributed by atoms with van der Waals surface area (Å²) in [7, 11) is -3.51. The highest BCUT2D eigenvalue weighted by molar-refractivity contribution is 7.19. The second-order valence-corrected chi connectivity index (χ2v) is 17.3. The molecule has 2 heterocycles. The van der Waals surface area contributed by atoms with Crippen LogP contribution < -0.4 is 20.7 Å². The molecule has 0 saturated carbocycles. The Balaban J connectivity index is 1.23. The fraction of sp³-hybridized carbons (Fsp3) is 0. The summed E-state index contributed by atoms with van der Waals surface area (Å²) in [5.74, 6) is 0. The Morgan fingerprint density at radius 3 is 1.54 bits per heavy atom. The zero-order valence-corrected chi connectivity index (χ0v) is 30.9. The number of nitrogens with zero attached hydrogens (tertiary/aromatic N) is 2. The van der Waals surface area contributed by atoms with Crippen LogP contribution in [0.25, 0.3) is 66.1 Å². The Kier molecular flexibility index (Phi) is 4.53. The van der Waals surface area contributed by atoms with Crippen LogP contribution in [0.3, 0.4) is 0 Å². The highest BCUT2D eigenvalue weighted by Crippen LogP contribution is 2.36. The summed E-state index contributed by atoms with van der Waals surface area (Å²) in [6.07, 6.45) is 0. The molecule has 0 atom stereocenters. The van der Waals surface area contributed by atoms with Crippen molar-refractivity contribution in [1.29, 1.82) is 0 Å². The molecule has 0 spiro atoms. The zero-order valence-electron chi connectivity index (χ0n) is 48.9. The van der Waals surface area contributed by atoms with Gasteiger partial charge in [0.1, 0.15) is 0 Å². The monoisotopic (exact) mass is 761 g/mol. The van der Waals surface area contributed by atoms with Crippen molar-refractivity contribution in [2.45, 2.75) is 0 Å². The second-order valence-electron chi connectivity index (χ2n) is 13.5. The summed E-state index contributed by atoms with van der Waals surface area (Å²) in [5, 5.41) is 2.70. The predicted molar refractivity (Wildman–Crippen MR) is 244 cm³/mol. The van der Waals surface area contributed by atoms with E-state index in [0.29, 0.717) is 5.56 Å². The van der Waals surface area contributed by atoms with E-state index in [4.69, 9.17) is 19.2 Å². The van der Waals surface area contributed by atoms with Gasteiger partial charge in [-0.25, -0.2) is 0 Å². The molecule has 0 fully saturated rings. The average molecular weight is 762 g/mol. The Morgan fingerprint density at radius 1 is 0.333 bits per heavy atom. The molecule has 0 bridgehead atoms. The van der Waals surface area contributed by atoms with Gasteiger partial charge in [-0.2, -0.15) is 0 Å². The van der Waals surface area contributed by atoms with Crippen LogP contribution in [0.2, 0.25) is 0 Å². The van der Waals surface area contributed by atoms with Crippen molar-refractivity contribution < 1.29 is 26.0 Å². The van der Waals surface area contributed by atoms with Gasteiger partial charge in [0.2, 0.25) is 0 Å². The van der Waals surface area contributed by atoms with E-state index in [0.717, 1.165) is 31.4 Å². The van der Waals surface area contributed by atoms with Gasteiger partial charge in [0.15, 0.2) is 8.07 Å². The first-order valence-corrected chi connectivity index (χ1v) is 20.1. The van der Waals surface area contributed by atoms with Crippen LogP contribution in [-0.2, 0) is 0 Å². The average Bonchev–Trinajstić information content (AvgIpc) is 4.16. The molecule has 2 aromatic heterocycles. The molecule has 11 aromatic rings. The highest BCUT2D eigenvalue weighted by atomic mass is 28.3. The number of rotatable bonds is 7. The van der Waals surface area contributed by atoms with Crippen LogP contribution in [0.5, 0.6) is 0 Å². The quantitative estimate of drug-likeness (QED) is 0.113. The Bertz CT molecular complexity index is 4260. The number of hydrogen-bond donors (Lipinski definition) is 0. The molecular formula is C54H38N2Si. The molecule has 0 saturated heterocycles. The van der Waals surface area contributed by atoms with Crippen LogP contribution in [0.15, 0.2) is 230 Å². The van der Waals surface area contributed by atoms with Gasteiger partial charge >= 0.3 is 0 Å². The van der Waals surface area contributed by atoms with Crippen LogP contribution in [0, 0.1) is 0 Å². The standard InChI is InChI=1S/C54H38N2Si/c1-4-17-39(18-5-1)40-19-16-24-46(37-40)57(43-20-6-2-7-21-43,44-22-8-3-9-23-44)45-34-31-41(32-35-45)55-53-30-15-12-27-49(53)50-38-42(33-36-54(50)55)56-51-28-13-10-25-47(51)48-26-11-14-29-52(48)56/h1-38H/i1D,4D,5D,10D,11D,12D,13D,14D,15D,17D,18D,25D,26D,27D,28D,30D,33D,36D,38D. The molecule has 0 unspecified atom stereocenters. The number of para-hydroxylation sites is 3. The van der Waals surface area contributed by atoms with Crippen LogP contribution in [0.1, 0.15) is 26.0 Å². The first kappa shape index (κ1) is 19.1. The van der Waals surface area contributed by atoms with E-state index in [1.165, 1.54) is 4.57 Å². The van der Waals surface area contributed by atoms with Crippen molar-refractivity contribution in [3.63, 3.8) is 0 Å². The zero-order chi connectivity index (χ0) is 54.3. The predicted octanol–water partition coefficient (Wildman–Crippen LogP) is 10.9.